The van der Waals surface area contributed by atoms with Crippen LogP contribution >= 0.6 is 0 Å². The maximum atomic E-state index is 12.4. The first-order valence-electron chi connectivity index (χ1n) is 10.1. The Morgan fingerprint density at radius 1 is 1.04 bits per heavy atom. The molecule has 1 amide bonds. The normalized spacial score (nSPS) is 14.4. The molecular weight excluding hydrogens is 334 g/mol. The van der Waals surface area contributed by atoms with Gasteiger partial charge in [-0.3, -0.25) is 9.69 Å². The molecule has 2 aromatic rings. The van der Waals surface area contributed by atoms with Crippen LogP contribution < -0.4 is 10.2 Å². The van der Waals surface area contributed by atoms with Crippen LogP contribution in [-0.4, -0.2) is 37.5 Å². The van der Waals surface area contributed by atoms with Crippen molar-refractivity contribution in [3.63, 3.8) is 0 Å². The lowest BCUT2D eigenvalue weighted by atomic mass is 10.1. The lowest BCUT2D eigenvalue weighted by Crippen LogP contribution is -2.30. The predicted octanol–water partition coefficient (Wildman–Crippen LogP) is 4.31. The van der Waals surface area contributed by atoms with Gasteiger partial charge in [0.1, 0.15) is 0 Å². The van der Waals surface area contributed by atoms with Gasteiger partial charge >= 0.3 is 0 Å². The van der Waals surface area contributed by atoms with Crippen molar-refractivity contribution in [2.24, 2.45) is 0 Å². The summed E-state index contributed by atoms with van der Waals surface area (Å²) in [6.07, 6.45) is 4.85. The van der Waals surface area contributed by atoms with Crippen molar-refractivity contribution >= 4 is 17.3 Å². The van der Waals surface area contributed by atoms with E-state index < -0.39 is 0 Å². The quantitative estimate of drug-likeness (QED) is 0.794. The van der Waals surface area contributed by atoms with E-state index in [-0.39, 0.29) is 5.91 Å². The minimum Gasteiger partial charge on any atom is -0.372 e. The molecule has 1 heterocycles. The average molecular weight is 366 g/mol. The van der Waals surface area contributed by atoms with Gasteiger partial charge in [-0.25, -0.2) is 0 Å². The number of rotatable bonds is 7. The van der Waals surface area contributed by atoms with Crippen LogP contribution in [0.2, 0.25) is 0 Å². The Hall–Kier alpha value is -2.33. The number of aryl methyl sites for hydroxylation is 1. The van der Waals surface area contributed by atoms with Gasteiger partial charge in [-0.1, -0.05) is 37.3 Å². The number of carbonyl (C=O) groups excluding carboxylic acids is 1. The molecule has 0 bridgehead atoms. The second kappa shape index (κ2) is 9.56. The summed E-state index contributed by atoms with van der Waals surface area (Å²) in [6, 6.07) is 16.8. The van der Waals surface area contributed by atoms with Crippen LogP contribution in [0.15, 0.2) is 48.5 Å². The number of benzene rings is 2. The number of nitrogens with one attached hydrogen (secondary N) is 1. The molecule has 27 heavy (non-hydrogen) atoms. The molecule has 1 aliphatic rings. The number of nitrogens with zero attached hydrogens (tertiary/aromatic N) is 2. The van der Waals surface area contributed by atoms with Gasteiger partial charge in [-0.15, -0.1) is 0 Å². The molecule has 1 saturated heterocycles. The predicted molar refractivity (Wildman–Crippen MR) is 113 cm³/mol. The summed E-state index contributed by atoms with van der Waals surface area (Å²) in [5.74, 6) is 0.0309. The molecule has 2 aromatic carbocycles. The van der Waals surface area contributed by atoms with E-state index >= 15 is 0 Å². The molecule has 4 heteroatoms. The zero-order chi connectivity index (χ0) is 19.1. The number of piperidine rings is 1. The number of carbonyl (C=O) groups is 1. The molecule has 0 aromatic heterocycles. The summed E-state index contributed by atoms with van der Waals surface area (Å²) in [5.41, 5.74) is 4.64. The Labute approximate surface area is 163 Å². The molecule has 0 unspecified atom stereocenters. The first-order chi connectivity index (χ1) is 13.2. The second-order valence-electron chi connectivity index (χ2n) is 7.45. The number of amides is 1. The number of hydrogen-bond acceptors (Lipinski definition) is 3. The number of likely N-dealkylation sites (N-methyl/N-ethyl adjacent to an activating group) is 1. The average Bonchev–Trinajstić information content (AvgIpc) is 2.69. The Bertz CT molecular complexity index is 736. The zero-order valence-electron chi connectivity index (χ0n) is 16.6. The topological polar surface area (TPSA) is 35.6 Å². The number of anilines is 2. The maximum absolute atomic E-state index is 12.4. The molecule has 144 valence electrons. The van der Waals surface area contributed by atoms with Gasteiger partial charge in [0.25, 0.3) is 0 Å². The van der Waals surface area contributed by atoms with Crippen molar-refractivity contribution in [1.29, 1.82) is 0 Å². The Morgan fingerprint density at radius 2 is 1.74 bits per heavy atom. The molecular formula is C23H31N3O. The van der Waals surface area contributed by atoms with Gasteiger partial charge in [0.05, 0.1) is 6.54 Å². The van der Waals surface area contributed by atoms with Crippen LogP contribution in [0, 0.1) is 0 Å². The second-order valence-corrected chi connectivity index (χ2v) is 7.45. The fourth-order valence-corrected chi connectivity index (χ4v) is 3.72. The van der Waals surface area contributed by atoms with Crippen LogP contribution in [0.4, 0.5) is 11.4 Å². The molecule has 1 N–H and O–H groups in total. The van der Waals surface area contributed by atoms with Gasteiger partial charge in [0.15, 0.2) is 0 Å². The molecule has 0 saturated carbocycles. The lowest BCUT2D eigenvalue weighted by Gasteiger charge is -2.29. The molecule has 1 fully saturated rings. The summed E-state index contributed by atoms with van der Waals surface area (Å²) >= 11 is 0. The van der Waals surface area contributed by atoms with E-state index in [4.69, 9.17) is 0 Å². The molecule has 0 aliphatic carbocycles. The minimum absolute atomic E-state index is 0.0309. The summed E-state index contributed by atoms with van der Waals surface area (Å²) in [7, 11) is 1.99. The summed E-state index contributed by atoms with van der Waals surface area (Å²) in [4.78, 5) is 16.9. The van der Waals surface area contributed by atoms with E-state index in [0.717, 1.165) is 18.7 Å². The molecule has 1 aliphatic heterocycles. The smallest absolute Gasteiger partial charge is 0.238 e. The Balaban J connectivity index is 1.51. The van der Waals surface area contributed by atoms with E-state index in [9.17, 15) is 4.79 Å². The third-order valence-electron chi connectivity index (χ3n) is 5.20. The summed E-state index contributed by atoms with van der Waals surface area (Å²) < 4.78 is 0. The van der Waals surface area contributed by atoms with Gasteiger partial charge < -0.3 is 10.2 Å². The summed E-state index contributed by atoms with van der Waals surface area (Å²) in [6.45, 7) is 5.58. The molecule has 3 rings (SSSR count). The van der Waals surface area contributed by atoms with Crippen molar-refractivity contribution in [2.45, 2.75) is 39.2 Å². The molecule has 4 nitrogen and oxygen atoms in total. The molecule has 0 atom stereocenters. The van der Waals surface area contributed by atoms with Crippen LogP contribution in [0.5, 0.6) is 0 Å². The fourth-order valence-electron chi connectivity index (χ4n) is 3.72. The van der Waals surface area contributed by atoms with Crippen molar-refractivity contribution in [3.05, 3.63) is 59.7 Å². The van der Waals surface area contributed by atoms with Gasteiger partial charge in [-0.2, -0.15) is 0 Å². The number of hydrogen-bond donors (Lipinski definition) is 1. The Morgan fingerprint density at radius 3 is 2.44 bits per heavy atom. The van der Waals surface area contributed by atoms with Crippen molar-refractivity contribution in [1.82, 2.24) is 4.90 Å². The standard InChI is InChI=1S/C23H31N3O/c1-3-20-9-5-6-10-22(20)24-23(27)18-25(2)17-19-11-13-21(14-12-19)26-15-7-4-8-16-26/h5-6,9-14H,3-4,7-8,15-18H2,1-2H3,(H,24,27). The lowest BCUT2D eigenvalue weighted by molar-refractivity contribution is -0.117. The third kappa shape index (κ3) is 5.57. The first kappa shape index (κ1) is 19.4. The highest BCUT2D eigenvalue weighted by atomic mass is 16.2. The third-order valence-corrected chi connectivity index (χ3v) is 5.20. The highest BCUT2D eigenvalue weighted by Gasteiger charge is 2.12. The van der Waals surface area contributed by atoms with Crippen LogP contribution in [0.3, 0.4) is 0 Å². The zero-order valence-corrected chi connectivity index (χ0v) is 16.6. The maximum Gasteiger partial charge on any atom is 0.238 e. The Kier molecular flexibility index (Phi) is 6.88. The molecule has 0 spiro atoms. The monoisotopic (exact) mass is 365 g/mol. The van der Waals surface area contributed by atoms with E-state index in [1.165, 1.54) is 49.2 Å². The van der Waals surface area contributed by atoms with Crippen molar-refractivity contribution < 1.29 is 4.79 Å². The minimum atomic E-state index is 0.0309. The molecule has 0 radical (unpaired) electrons. The van der Waals surface area contributed by atoms with Crippen LogP contribution in [-0.2, 0) is 17.8 Å². The van der Waals surface area contributed by atoms with E-state index in [2.05, 4.69) is 52.4 Å². The largest absolute Gasteiger partial charge is 0.372 e. The van der Waals surface area contributed by atoms with Crippen LogP contribution in [0.1, 0.15) is 37.3 Å². The van der Waals surface area contributed by atoms with Crippen LogP contribution in [0.25, 0.3) is 0 Å². The number of para-hydroxylation sites is 1. The first-order valence-corrected chi connectivity index (χ1v) is 10.1. The van der Waals surface area contributed by atoms with Crippen molar-refractivity contribution in [2.75, 3.05) is 36.9 Å². The highest BCUT2D eigenvalue weighted by Crippen LogP contribution is 2.20. The van der Waals surface area contributed by atoms with Gasteiger partial charge in [-0.05, 0) is 62.1 Å². The van der Waals surface area contributed by atoms with Gasteiger partial charge in [0, 0.05) is 31.0 Å². The van der Waals surface area contributed by atoms with Gasteiger partial charge in [0.2, 0.25) is 5.91 Å². The van der Waals surface area contributed by atoms with E-state index in [1.54, 1.807) is 0 Å². The van der Waals surface area contributed by atoms with Crippen molar-refractivity contribution in [3.8, 4) is 0 Å². The highest BCUT2D eigenvalue weighted by molar-refractivity contribution is 5.92. The fraction of sp³-hybridized carbons (Fsp3) is 0.435. The van der Waals surface area contributed by atoms with E-state index in [1.807, 2.05) is 25.2 Å². The SMILES string of the molecule is CCc1ccccc1NC(=O)CN(C)Cc1ccc(N2CCCCC2)cc1. The van der Waals surface area contributed by atoms with E-state index in [0.29, 0.717) is 6.54 Å². The summed E-state index contributed by atoms with van der Waals surface area (Å²) in [5, 5.41) is 3.04.